The second kappa shape index (κ2) is 7.03. The summed E-state index contributed by atoms with van der Waals surface area (Å²) in [5.74, 6) is -0.200. The molecule has 0 saturated heterocycles. The van der Waals surface area contributed by atoms with Gasteiger partial charge in [-0.1, -0.05) is 34.8 Å². The maximum Gasteiger partial charge on any atom is 0.243 e. The van der Waals surface area contributed by atoms with Gasteiger partial charge >= 0.3 is 0 Å². The summed E-state index contributed by atoms with van der Waals surface area (Å²) in [5.41, 5.74) is 2.36. The third-order valence-corrected chi connectivity index (χ3v) is 3.62. The molecular weight excluding hydrogens is 331 g/mol. The van der Waals surface area contributed by atoms with Gasteiger partial charge in [0.05, 0.1) is 17.3 Å². The van der Waals surface area contributed by atoms with Gasteiger partial charge in [0.15, 0.2) is 0 Å². The summed E-state index contributed by atoms with van der Waals surface area (Å²) in [5, 5.41) is 7.36. The van der Waals surface area contributed by atoms with Crippen LogP contribution in [0.15, 0.2) is 36.4 Å². The van der Waals surface area contributed by atoms with Crippen LogP contribution in [-0.2, 0) is 4.79 Å². The molecule has 0 aliphatic heterocycles. The quantitative estimate of drug-likeness (QED) is 0.819. The maximum atomic E-state index is 11.9. The molecule has 0 aliphatic carbocycles. The van der Waals surface area contributed by atoms with Gasteiger partial charge in [0.25, 0.3) is 0 Å². The Balaban J connectivity index is 1.96. The average Bonchev–Trinajstić information content (AvgIpc) is 2.41. The van der Waals surface area contributed by atoms with Crippen molar-refractivity contribution in [2.24, 2.45) is 0 Å². The largest absolute Gasteiger partial charge is 0.376 e. The zero-order valence-corrected chi connectivity index (χ0v) is 13.5. The van der Waals surface area contributed by atoms with Gasteiger partial charge in [-0.2, -0.15) is 0 Å². The molecule has 0 aromatic heterocycles. The Labute approximate surface area is 138 Å². The first kappa shape index (κ1) is 16.0. The van der Waals surface area contributed by atoms with E-state index in [0.717, 1.165) is 11.3 Å². The highest BCUT2D eigenvalue weighted by Crippen LogP contribution is 2.25. The molecule has 21 heavy (non-hydrogen) atoms. The van der Waals surface area contributed by atoms with E-state index < -0.39 is 0 Å². The number of amides is 1. The lowest BCUT2D eigenvalue weighted by atomic mass is 10.2. The molecule has 2 N–H and O–H groups in total. The second-order valence-electron chi connectivity index (χ2n) is 4.49. The minimum atomic E-state index is -0.200. The SMILES string of the molecule is Cc1cc(Cl)ccc1NCC(=O)Nc1ccc(Cl)cc1Cl. The monoisotopic (exact) mass is 342 g/mol. The summed E-state index contributed by atoms with van der Waals surface area (Å²) in [6.07, 6.45) is 0. The lowest BCUT2D eigenvalue weighted by Gasteiger charge is -2.11. The zero-order valence-electron chi connectivity index (χ0n) is 11.2. The number of nitrogens with one attached hydrogen (secondary N) is 2. The molecule has 2 aromatic carbocycles. The van der Waals surface area contributed by atoms with Gasteiger partial charge < -0.3 is 10.6 Å². The summed E-state index contributed by atoms with van der Waals surface area (Å²) < 4.78 is 0. The molecule has 110 valence electrons. The summed E-state index contributed by atoms with van der Waals surface area (Å²) in [4.78, 5) is 11.9. The minimum Gasteiger partial charge on any atom is -0.376 e. The number of hydrogen-bond donors (Lipinski definition) is 2. The fourth-order valence-electron chi connectivity index (χ4n) is 1.79. The smallest absolute Gasteiger partial charge is 0.243 e. The van der Waals surface area contributed by atoms with Crippen molar-refractivity contribution in [2.45, 2.75) is 6.92 Å². The van der Waals surface area contributed by atoms with E-state index in [2.05, 4.69) is 10.6 Å². The van der Waals surface area contributed by atoms with Gasteiger partial charge in [-0.25, -0.2) is 0 Å². The fourth-order valence-corrected chi connectivity index (χ4v) is 2.47. The van der Waals surface area contributed by atoms with Crippen LogP contribution in [0.1, 0.15) is 5.56 Å². The van der Waals surface area contributed by atoms with E-state index in [0.29, 0.717) is 20.8 Å². The van der Waals surface area contributed by atoms with Crippen molar-refractivity contribution in [3.63, 3.8) is 0 Å². The van der Waals surface area contributed by atoms with Crippen molar-refractivity contribution in [1.29, 1.82) is 0 Å². The third kappa shape index (κ3) is 4.53. The molecule has 2 aromatic rings. The Bertz CT molecular complexity index is 674. The van der Waals surface area contributed by atoms with E-state index in [-0.39, 0.29) is 12.5 Å². The second-order valence-corrected chi connectivity index (χ2v) is 5.77. The highest BCUT2D eigenvalue weighted by molar-refractivity contribution is 6.36. The van der Waals surface area contributed by atoms with Crippen molar-refractivity contribution in [3.8, 4) is 0 Å². The Morgan fingerprint density at radius 3 is 2.24 bits per heavy atom. The average molecular weight is 344 g/mol. The molecule has 0 unspecified atom stereocenters. The van der Waals surface area contributed by atoms with Gasteiger partial charge in [0.1, 0.15) is 0 Å². The Morgan fingerprint density at radius 1 is 1.00 bits per heavy atom. The zero-order chi connectivity index (χ0) is 15.4. The van der Waals surface area contributed by atoms with Crippen LogP contribution in [0.3, 0.4) is 0 Å². The van der Waals surface area contributed by atoms with Crippen molar-refractivity contribution >= 4 is 52.1 Å². The van der Waals surface area contributed by atoms with E-state index in [1.165, 1.54) is 0 Å². The molecule has 0 radical (unpaired) electrons. The number of benzene rings is 2. The summed E-state index contributed by atoms with van der Waals surface area (Å²) in [6.45, 7) is 2.05. The first-order valence-corrected chi connectivity index (χ1v) is 7.34. The van der Waals surface area contributed by atoms with Crippen LogP contribution < -0.4 is 10.6 Å². The Hall–Kier alpha value is -1.42. The van der Waals surface area contributed by atoms with Gasteiger partial charge in [0, 0.05) is 15.7 Å². The lowest BCUT2D eigenvalue weighted by Crippen LogP contribution is -2.22. The predicted molar refractivity (Wildman–Crippen MR) is 89.8 cm³/mol. The lowest BCUT2D eigenvalue weighted by molar-refractivity contribution is -0.114. The van der Waals surface area contributed by atoms with Crippen molar-refractivity contribution in [3.05, 3.63) is 57.0 Å². The molecule has 0 atom stereocenters. The molecule has 0 saturated carbocycles. The standard InChI is InChI=1S/C15H13Cl3N2O/c1-9-6-10(16)2-4-13(9)19-8-15(21)20-14-5-3-11(17)7-12(14)18/h2-7,19H,8H2,1H3,(H,20,21). The van der Waals surface area contributed by atoms with Crippen LogP contribution in [-0.4, -0.2) is 12.5 Å². The number of halogens is 3. The number of carbonyl (C=O) groups is 1. The van der Waals surface area contributed by atoms with Crippen LogP contribution in [0.5, 0.6) is 0 Å². The Kier molecular flexibility index (Phi) is 5.34. The van der Waals surface area contributed by atoms with E-state index >= 15 is 0 Å². The van der Waals surface area contributed by atoms with Gasteiger partial charge in [-0.15, -0.1) is 0 Å². The topological polar surface area (TPSA) is 41.1 Å². The molecule has 2 rings (SSSR count). The van der Waals surface area contributed by atoms with E-state index in [1.807, 2.05) is 19.1 Å². The van der Waals surface area contributed by atoms with Crippen molar-refractivity contribution < 1.29 is 4.79 Å². The van der Waals surface area contributed by atoms with Crippen molar-refractivity contribution in [1.82, 2.24) is 0 Å². The molecule has 0 aliphatic rings. The maximum absolute atomic E-state index is 11.9. The molecule has 0 heterocycles. The fraction of sp³-hybridized carbons (Fsp3) is 0.133. The normalized spacial score (nSPS) is 10.3. The number of anilines is 2. The first-order chi connectivity index (χ1) is 9.95. The third-order valence-electron chi connectivity index (χ3n) is 2.83. The molecule has 0 fully saturated rings. The van der Waals surface area contributed by atoms with E-state index in [4.69, 9.17) is 34.8 Å². The van der Waals surface area contributed by atoms with Gasteiger partial charge in [-0.05, 0) is 48.9 Å². The van der Waals surface area contributed by atoms with Gasteiger partial charge in [0.2, 0.25) is 5.91 Å². The van der Waals surface area contributed by atoms with E-state index in [1.54, 1.807) is 24.3 Å². The molecule has 0 bridgehead atoms. The molecule has 3 nitrogen and oxygen atoms in total. The summed E-state index contributed by atoms with van der Waals surface area (Å²) >= 11 is 17.7. The highest BCUT2D eigenvalue weighted by atomic mass is 35.5. The highest BCUT2D eigenvalue weighted by Gasteiger charge is 2.07. The van der Waals surface area contributed by atoms with Crippen LogP contribution in [0, 0.1) is 6.92 Å². The number of aryl methyl sites for hydroxylation is 1. The number of carbonyl (C=O) groups excluding carboxylic acids is 1. The van der Waals surface area contributed by atoms with Crippen LogP contribution >= 0.6 is 34.8 Å². The molecular formula is C15H13Cl3N2O. The first-order valence-electron chi connectivity index (χ1n) is 6.20. The number of rotatable bonds is 4. The number of hydrogen-bond acceptors (Lipinski definition) is 2. The van der Waals surface area contributed by atoms with Crippen LogP contribution in [0.4, 0.5) is 11.4 Å². The summed E-state index contributed by atoms with van der Waals surface area (Å²) in [7, 11) is 0. The van der Waals surface area contributed by atoms with E-state index in [9.17, 15) is 4.79 Å². The van der Waals surface area contributed by atoms with Crippen LogP contribution in [0.2, 0.25) is 15.1 Å². The predicted octanol–water partition coefficient (Wildman–Crippen LogP) is 5.01. The molecule has 1 amide bonds. The minimum absolute atomic E-state index is 0.126. The molecule has 0 spiro atoms. The van der Waals surface area contributed by atoms with Gasteiger partial charge in [-0.3, -0.25) is 4.79 Å². The molecule has 6 heteroatoms. The Morgan fingerprint density at radius 2 is 1.62 bits per heavy atom. The summed E-state index contributed by atoms with van der Waals surface area (Å²) in [6, 6.07) is 10.3. The van der Waals surface area contributed by atoms with Crippen LogP contribution in [0.25, 0.3) is 0 Å². The van der Waals surface area contributed by atoms with Crippen molar-refractivity contribution in [2.75, 3.05) is 17.2 Å².